The zero-order chi connectivity index (χ0) is 15.2. The first-order valence-corrected chi connectivity index (χ1v) is 8.56. The van der Waals surface area contributed by atoms with Crippen molar-refractivity contribution in [3.63, 3.8) is 0 Å². The van der Waals surface area contributed by atoms with Crippen LogP contribution >= 0.6 is 15.9 Å². The third-order valence-electron chi connectivity index (χ3n) is 2.45. The van der Waals surface area contributed by atoms with Crippen LogP contribution in [-0.4, -0.2) is 32.7 Å². The fraction of sp³-hybridized carbons (Fsp3) is 0.455. The second-order valence-electron chi connectivity index (χ2n) is 4.23. The fourth-order valence-electron chi connectivity index (χ4n) is 1.55. The number of halogens is 1. The van der Waals surface area contributed by atoms with Crippen molar-refractivity contribution in [1.29, 1.82) is 0 Å². The molecule has 0 aliphatic carbocycles. The summed E-state index contributed by atoms with van der Waals surface area (Å²) in [6.45, 7) is 1.27. The number of rotatable bonds is 8. The molecule has 0 aromatic heterocycles. The number of benzene rings is 1. The van der Waals surface area contributed by atoms with Gasteiger partial charge in [-0.3, -0.25) is 10.1 Å². The van der Waals surface area contributed by atoms with Crippen molar-refractivity contribution in [2.45, 2.75) is 13.0 Å². The Labute approximate surface area is 126 Å². The van der Waals surface area contributed by atoms with Gasteiger partial charge in [-0.1, -0.05) is 15.9 Å². The van der Waals surface area contributed by atoms with Crippen LogP contribution in [0.4, 0.5) is 5.69 Å². The molecule has 0 unspecified atom stereocenters. The van der Waals surface area contributed by atoms with Crippen LogP contribution < -0.4 is 10.0 Å². The van der Waals surface area contributed by atoms with Gasteiger partial charge in [-0.15, -0.1) is 0 Å². The number of hydrogen-bond donors (Lipinski definition) is 2. The summed E-state index contributed by atoms with van der Waals surface area (Å²) in [5, 5.41) is 13.9. The average Bonchev–Trinajstić information content (AvgIpc) is 2.33. The summed E-state index contributed by atoms with van der Waals surface area (Å²) >= 11 is 3.20. The van der Waals surface area contributed by atoms with E-state index in [0.29, 0.717) is 36.1 Å². The Bertz CT molecular complexity index is 577. The Kier molecular flexibility index (Phi) is 6.53. The fourth-order valence-corrected chi connectivity index (χ4v) is 2.41. The van der Waals surface area contributed by atoms with Gasteiger partial charge in [0.15, 0.2) is 0 Å². The van der Waals surface area contributed by atoms with E-state index >= 15 is 0 Å². The lowest BCUT2D eigenvalue weighted by molar-refractivity contribution is -0.385. The van der Waals surface area contributed by atoms with Crippen LogP contribution in [0.15, 0.2) is 22.7 Å². The van der Waals surface area contributed by atoms with Crippen molar-refractivity contribution < 1.29 is 13.3 Å². The monoisotopic (exact) mass is 365 g/mol. The highest BCUT2D eigenvalue weighted by Crippen LogP contribution is 2.23. The lowest BCUT2D eigenvalue weighted by Crippen LogP contribution is -2.26. The van der Waals surface area contributed by atoms with Crippen LogP contribution in [0.1, 0.15) is 12.0 Å². The minimum absolute atomic E-state index is 0.0566. The maximum Gasteiger partial charge on any atom is 0.275 e. The number of nitro groups is 1. The highest BCUT2D eigenvalue weighted by Gasteiger charge is 2.13. The van der Waals surface area contributed by atoms with Crippen LogP contribution in [0.2, 0.25) is 0 Å². The van der Waals surface area contributed by atoms with Crippen molar-refractivity contribution in [3.05, 3.63) is 38.3 Å². The predicted octanol–water partition coefficient (Wildman–Crippen LogP) is 1.39. The van der Waals surface area contributed by atoms with Crippen LogP contribution in [0.25, 0.3) is 0 Å². The average molecular weight is 366 g/mol. The zero-order valence-electron chi connectivity index (χ0n) is 10.9. The van der Waals surface area contributed by atoms with Gasteiger partial charge in [0.25, 0.3) is 5.69 Å². The van der Waals surface area contributed by atoms with Crippen molar-refractivity contribution >= 4 is 31.6 Å². The van der Waals surface area contributed by atoms with E-state index in [0.717, 1.165) is 6.26 Å². The van der Waals surface area contributed by atoms with Gasteiger partial charge in [-0.25, -0.2) is 13.1 Å². The second kappa shape index (κ2) is 7.67. The molecule has 20 heavy (non-hydrogen) atoms. The molecule has 2 N–H and O–H groups in total. The Hall–Kier alpha value is -1.03. The molecular formula is C11H16BrN3O4S. The quantitative estimate of drug-likeness (QED) is 0.411. The normalized spacial score (nSPS) is 11.5. The van der Waals surface area contributed by atoms with Gasteiger partial charge in [0.2, 0.25) is 10.0 Å². The standard InChI is InChI=1S/C11H16BrN3O4S/c1-20(18,19)14-6-2-5-13-8-9-3-4-10(12)7-11(9)15(16)17/h3-4,7,13-14H,2,5-6,8H2,1H3. The number of nitro benzene ring substituents is 1. The van der Waals surface area contributed by atoms with E-state index in [4.69, 9.17) is 0 Å². The highest BCUT2D eigenvalue weighted by molar-refractivity contribution is 9.10. The van der Waals surface area contributed by atoms with Crippen LogP contribution in [0.3, 0.4) is 0 Å². The molecule has 0 saturated carbocycles. The molecule has 0 radical (unpaired) electrons. The number of nitrogens with zero attached hydrogens (tertiary/aromatic N) is 1. The molecule has 0 heterocycles. The Morgan fingerprint density at radius 3 is 2.65 bits per heavy atom. The van der Waals surface area contributed by atoms with Gasteiger partial charge >= 0.3 is 0 Å². The number of sulfonamides is 1. The van der Waals surface area contributed by atoms with Gasteiger partial charge in [0.05, 0.1) is 11.2 Å². The van der Waals surface area contributed by atoms with E-state index in [-0.39, 0.29) is 5.69 Å². The van der Waals surface area contributed by atoms with Gasteiger partial charge in [-0.05, 0) is 25.1 Å². The predicted molar refractivity (Wildman–Crippen MR) is 80.0 cm³/mol. The first-order valence-electron chi connectivity index (χ1n) is 5.88. The van der Waals surface area contributed by atoms with E-state index < -0.39 is 14.9 Å². The Morgan fingerprint density at radius 2 is 2.05 bits per heavy atom. The minimum atomic E-state index is -3.16. The van der Waals surface area contributed by atoms with Gasteiger partial charge in [-0.2, -0.15) is 0 Å². The number of hydrogen-bond acceptors (Lipinski definition) is 5. The second-order valence-corrected chi connectivity index (χ2v) is 6.98. The maximum atomic E-state index is 10.9. The summed E-state index contributed by atoms with van der Waals surface area (Å²) in [5.41, 5.74) is 0.649. The summed E-state index contributed by atoms with van der Waals surface area (Å²) in [6, 6.07) is 4.89. The van der Waals surface area contributed by atoms with Crippen LogP contribution in [0.5, 0.6) is 0 Å². The van der Waals surface area contributed by atoms with Crippen molar-refractivity contribution in [1.82, 2.24) is 10.0 Å². The molecule has 0 fully saturated rings. The smallest absolute Gasteiger partial charge is 0.275 e. The molecule has 1 aromatic rings. The molecule has 1 aromatic carbocycles. The lowest BCUT2D eigenvalue weighted by Gasteiger charge is -2.06. The Morgan fingerprint density at radius 1 is 1.35 bits per heavy atom. The summed E-state index contributed by atoms with van der Waals surface area (Å²) in [5.74, 6) is 0. The van der Waals surface area contributed by atoms with Crippen molar-refractivity contribution in [2.75, 3.05) is 19.3 Å². The zero-order valence-corrected chi connectivity index (χ0v) is 13.3. The van der Waals surface area contributed by atoms with Crippen LogP contribution in [0, 0.1) is 10.1 Å². The van der Waals surface area contributed by atoms with E-state index in [1.165, 1.54) is 6.07 Å². The maximum absolute atomic E-state index is 10.9. The highest BCUT2D eigenvalue weighted by atomic mass is 79.9. The first kappa shape index (κ1) is 17.0. The molecule has 9 heteroatoms. The molecule has 0 atom stereocenters. The van der Waals surface area contributed by atoms with Crippen molar-refractivity contribution in [2.24, 2.45) is 0 Å². The molecule has 0 saturated heterocycles. The molecular weight excluding hydrogens is 350 g/mol. The van der Waals surface area contributed by atoms with Gasteiger partial charge in [0.1, 0.15) is 0 Å². The minimum Gasteiger partial charge on any atom is -0.312 e. The van der Waals surface area contributed by atoms with E-state index in [1.807, 2.05) is 0 Å². The largest absolute Gasteiger partial charge is 0.312 e. The first-order chi connectivity index (χ1) is 9.29. The lowest BCUT2D eigenvalue weighted by atomic mass is 10.2. The van der Waals surface area contributed by atoms with Gasteiger partial charge < -0.3 is 5.32 Å². The number of nitrogens with one attached hydrogen (secondary N) is 2. The summed E-state index contributed by atoms with van der Waals surface area (Å²) < 4.78 is 24.7. The van der Waals surface area contributed by atoms with Crippen LogP contribution in [-0.2, 0) is 16.6 Å². The van der Waals surface area contributed by atoms with Gasteiger partial charge in [0, 0.05) is 29.2 Å². The van der Waals surface area contributed by atoms with Crippen molar-refractivity contribution in [3.8, 4) is 0 Å². The van der Waals surface area contributed by atoms with E-state index in [9.17, 15) is 18.5 Å². The Balaban J connectivity index is 2.41. The molecule has 1 rings (SSSR count). The molecule has 7 nitrogen and oxygen atoms in total. The SMILES string of the molecule is CS(=O)(=O)NCCCNCc1ccc(Br)cc1[N+](=O)[O-]. The molecule has 0 aliphatic heterocycles. The van der Waals surface area contributed by atoms with E-state index in [2.05, 4.69) is 26.0 Å². The molecule has 0 amide bonds. The molecule has 0 aliphatic rings. The molecule has 112 valence electrons. The third kappa shape index (κ3) is 6.42. The summed E-state index contributed by atoms with van der Waals surface area (Å²) in [7, 11) is -3.16. The molecule has 0 spiro atoms. The topological polar surface area (TPSA) is 101 Å². The van der Waals surface area contributed by atoms with E-state index in [1.54, 1.807) is 12.1 Å². The summed E-state index contributed by atoms with van der Waals surface area (Å²) in [6.07, 6.45) is 1.71. The third-order valence-corrected chi connectivity index (χ3v) is 3.68. The molecule has 0 bridgehead atoms. The summed E-state index contributed by atoms with van der Waals surface area (Å²) in [4.78, 5) is 10.5.